The van der Waals surface area contributed by atoms with Gasteiger partial charge in [0, 0.05) is 12.1 Å². The lowest BCUT2D eigenvalue weighted by molar-refractivity contribution is -0.307. The second-order valence-electron chi connectivity index (χ2n) is 4.61. The van der Waals surface area contributed by atoms with E-state index in [-0.39, 0.29) is 11.3 Å². The first kappa shape index (κ1) is 16.1. The molecule has 118 valence electrons. The predicted octanol–water partition coefficient (Wildman–Crippen LogP) is 1.12. The number of hydrogen-bond acceptors (Lipinski definition) is 6. The minimum atomic E-state index is -1.45. The first-order chi connectivity index (χ1) is 11.0. The van der Waals surface area contributed by atoms with Gasteiger partial charge in [0.15, 0.2) is 5.78 Å². The summed E-state index contributed by atoms with van der Waals surface area (Å²) in [7, 11) is 0. The molecule has 0 saturated heterocycles. The minimum Gasteiger partial charge on any atom is -0.546 e. The van der Waals surface area contributed by atoms with Gasteiger partial charge in [0.25, 0.3) is 0 Å². The number of phenols is 2. The molecule has 0 aliphatic rings. The number of ether oxygens (including phenoxy) is 1. The fraction of sp³-hybridized carbons (Fsp3) is 0.0588. The largest absolute Gasteiger partial charge is 0.546 e. The van der Waals surface area contributed by atoms with Crippen LogP contribution in [-0.2, 0) is 4.79 Å². The number of benzene rings is 2. The topological polar surface area (TPSA) is 107 Å². The third-order valence-electron chi connectivity index (χ3n) is 2.90. The van der Waals surface area contributed by atoms with Crippen molar-refractivity contribution in [2.45, 2.75) is 0 Å². The lowest BCUT2D eigenvalue weighted by atomic mass is 10.1. The van der Waals surface area contributed by atoms with E-state index in [2.05, 4.69) is 0 Å². The van der Waals surface area contributed by atoms with Crippen LogP contribution < -0.4 is 9.84 Å². The Labute approximate surface area is 131 Å². The number of carboxylic acids is 1. The van der Waals surface area contributed by atoms with E-state index in [1.165, 1.54) is 6.08 Å². The highest BCUT2D eigenvalue weighted by atomic mass is 16.5. The lowest BCUT2D eigenvalue weighted by Crippen LogP contribution is -2.28. The molecule has 2 aromatic rings. The van der Waals surface area contributed by atoms with Crippen molar-refractivity contribution < 1.29 is 29.6 Å². The number of carbonyl (C=O) groups is 2. The zero-order chi connectivity index (χ0) is 16.8. The first-order valence-corrected chi connectivity index (χ1v) is 6.63. The maximum atomic E-state index is 12.1. The molecule has 23 heavy (non-hydrogen) atoms. The van der Waals surface area contributed by atoms with E-state index >= 15 is 0 Å². The summed E-state index contributed by atoms with van der Waals surface area (Å²) in [6.07, 6.45) is 2.76. The Balaban J connectivity index is 2.20. The highest BCUT2D eigenvalue weighted by Crippen LogP contribution is 2.33. The van der Waals surface area contributed by atoms with Crippen LogP contribution in [0.15, 0.2) is 48.5 Å². The number of carboxylic acid groups (broad SMARTS) is 1. The molecule has 2 N–H and O–H groups in total. The molecule has 6 nitrogen and oxygen atoms in total. The molecule has 0 aliphatic carbocycles. The summed E-state index contributed by atoms with van der Waals surface area (Å²) in [5, 5.41) is 30.0. The number of ketones is 1. The molecule has 0 fully saturated rings. The van der Waals surface area contributed by atoms with Crippen LogP contribution in [0.25, 0.3) is 6.08 Å². The van der Waals surface area contributed by atoms with E-state index in [1.54, 1.807) is 18.2 Å². The van der Waals surface area contributed by atoms with E-state index < -0.39 is 29.9 Å². The Hall–Kier alpha value is -3.28. The Morgan fingerprint density at radius 3 is 2.26 bits per heavy atom. The van der Waals surface area contributed by atoms with E-state index in [1.807, 2.05) is 18.2 Å². The molecule has 6 heteroatoms. The molecule has 0 spiro atoms. The van der Waals surface area contributed by atoms with E-state index in [0.717, 1.165) is 17.7 Å². The number of hydrogen-bond donors (Lipinski definition) is 2. The third-order valence-corrected chi connectivity index (χ3v) is 2.90. The average Bonchev–Trinajstić information content (AvgIpc) is 2.51. The van der Waals surface area contributed by atoms with E-state index in [4.69, 9.17) is 4.74 Å². The van der Waals surface area contributed by atoms with Crippen LogP contribution in [-0.4, -0.2) is 28.6 Å². The summed E-state index contributed by atoms with van der Waals surface area (Å²) in [5.74, 6) is -3.17. The lowest BCUT2D eigenvalue weighted by Gasteiger charge is -2.10. The second-order valence-corrected chi connectivity index (χ2v) is 4.61. The summed E-state index contributed by atoms with van der Waals surface area (Å²) < 4.78 is 4.78. The normalized spacial score (nSPS) is 10.6. The monoisotopic (exact) mass is 313 g/mol. The van der Waals surface area contributed by atoms with Crippen molar-refractivity contribution in [1.29, 1.82) is 0 Å². The number of allylic oxidation sites excluding steroid dienone is 1. The molecule has 0 bridgehead atoms. The van der Waals surface area contributed by atoms with Gasteiger partial charge in [-0.1, -0.05) is 36.4 Å². The smallest absolute Gasteiger partial charge is 0.193 e. The molecular formula is C17H13O6-. The molecule has 0 amide bonds. The van der Waals surface area contributed by atoms with Crippen molar-refractivity contribution in [2.75, 3.05) is 6.61 Å². The SMILES string of the molecule is O=C([O-])COc1cc(O)c(C(=O)/C=C\c2ccccc2)c(O)c1. The minimum absolute atomic E-state index is 0.0900. The van der Waals surface area contributed by atoms with Crippen molar-refractivity contribution in [1.82, 2.24) is 0 Å². The fourth-order valence-electron chi connectivity index (χ4n) is 1.88. The van der Waals surface area contributed by atoms with Crippen LogP contribution in [0.3, 0.4) is 0 Å². The van der Waals surface area contributed by atoms with Gasteiger partial charge in [-0.05, 0) is 11.6 Å². The Morgan fingerprint density at radius 1 is 1.09 bits per heavy atom. The van der Waals surface area contributed by atoms with Gasteiger partial charge in [0.2, 0.25) is 0 Å². The van der Waals surface area contributed by atoms with Crippen molar-refractivity contribution in [2.24, 2.45) is 0 Å². The first-order valence-electron chi connectivity index (χ1n) is 6.63. The number of phenolic OH excluding ortho intramolecular Hbond substituents is 2. The van der Waals surface area contributed by atoms with Crippen molar-refractivity contribution in [3.63, 3.8) is 0 Å². The standard InChI is InChI=1S/C17H14O6/c18-13(7-6-11-4-2-1-3-5-11)17-14(19)8-12(9-15(17)20)23-10-16(21)22/h1-9,19-20H,10H2,(H,21,22)/p-1/b7-6-. The van der Waals surface area contributed by atoms with Gasteiger partial charge < -0.3 is 24.9 Å². The predicted molar refractivity (Wildman–Crippen MR) is 80.1 cm³/mol. The van der Waals surface area contributed by atoms with Crippen LogP contribution >= 0.6 is 0 Å². The second kappa shape index (κ2) is 7.13. The van der Waals surface area contributed by atoms with E-state index in [9.17, 15) is 24.9 Å². The summed E-state index contributed by atoms with van der Waals surface area (Å²) >= 11 is 0. The fourth-order valence-corrected chi connectivity index (χ4v) is 1.88. The van der Waals surface area contributed by atoms with Gasteiger partial charge >= 0.3 is 0 Å². The number of aromatic hydroxyl groups is 2. The van der Waals surface area contributed by atoms with Crippen molar-refractivity contribution in [3.05, 3.63) is 59.7 Å². The maximum absolute atomic E-state index is 12.1. The quantitative estimate of drug-likeness (QED) is 0.611. The molecule has 0 heterocycles. The van der Waals surface area contributed by atoms with Gasteiger partial charge in [-0.3, -0.25) is 4.79 Å². The Morgan fingerprint density at radius 2 is 1.70 bits per heavy atom. The van der Waals surface area contributed by atoms with Crippen LogP contribution in [0.4, 0.5) is 0 Å². The number of carbonyl (C=O) groups excluding carboxylic acids is 2. The summed E-state index contributed by atoms with van der Waals surface area (Å²) in [6, 6.07) is 11.1. The number of rotatable bonds is 6. The third kappa shape index (κ3) is 4.34. The molecule has 0 radical (unpaired) electrons. The zero-order valence-corrected chi connectivity index (χ0v) is 11.9. The number of aliphatic carboxylic acids is 1. The summed E-state index contributed by atoms with van der Waals surface area (Å²) in [4.78, 5) is 22.4. The van der Waals surface area contributed by atoms with E-state index in [0.29, 0.717) is 0 Å². The van der Waals surface area contributed by atoms with Gasteiger partial charge in [0.1, 0.15) is 29.4 Å². The molecular weight excluding hydrogens is 300 g/mol. The molecule has 0 atom stereocenters. The van der Waals surface area contributed by atoms with Crippen LogP contribution in [0, 0.1) is 0 Å². The van der Waals surface area contributed by atoms with Crippen LogP contribution in [0.2, 0.25) is 0 Å². The molecule has 0 aromatic heterocycles. The van der Waals surface area contributed by atoms with Gasteiger partial charge in [-0.15, -0.1) is 0 Å². The Kier molecular flexibility index (Phi) is 4.99. The molecule has 2 aromatic carbocycles. The van der Waals surface area contributed by atoms with Crippen LogP contribution in [0.1, 0.15) is 15.9 Å². The van der Waals surface area contributed by atoms with Gasteiger partial charge in [-0.25, -0.2) is 0 Å². The molecule has 2 rings (SSSR count). The van der Waals surface area contributed by atoms with Crippen molar-refractivity contribution in [3.8, 4) is 17.2 Å². The highest BCUT2D eigenvalue weighted by molar-refractivity contribution is 6.10. The van der Waals surface area contributed by atoms with Crippen LogP contribution in [0.5, 0.6) is 17.2 Å². The summed E-state index contributed by atoms with van der Waals surface area (Å²) in [5.41, 5.74) is 0.492. The van der Waals surface area contributed by atoms with Gasteiger partial charge in [-0.2, -0.15) is 0 Å². The highest BCUT2D eigenvalue weighted by Gasteiger charge is 2.16. The van der Waals surface area contributed by atoms with Crippen molar-refractivity contribution >= 4 is 17.8 Å². The van der Waals surface area contributed by atoms with Gasteiger partial charge in [0.05, 0.1) is 5.97 Å². The maximum Gasteiger partial charge on any atom is 0.193 e. The molecule has 0 unspecified atom stereocenters. The average molecular weight is 313 g/mol. The molecule has 0 aliphatic heterocycles. The zero-order valence-electron chi connectivity index (χ0n) is 11.9. The Bertz CT molecular complexity index is 726. The molecule has 0 saturated carbocycles. The summed E-state index contributed by atoms with van der Waals surface area (Å²) in [6.45, 7) is -0.736.